The number of hydrogen-bond acceptors (Lipinski definition) is 6. The summed E-state index contributed by atoms with van der Waals surface area (Å²) in [5, 5.41) is 3.01. The van der Waals surface area contributed by atoms with Crippen LogP contribution in [-0.4, -0.2) is 51.9 Å². The molecular formula is C19H20Cl2N2O6S. The van der Waals surface area contributed by atoms with Crippen molar-refractivity contribution in [3.05, 3.63) is 52.0 Å². The van der Waals surface area contributed by atoms with Crippen molar-refractivity contribution in [1.29, 1.82) is 0 Å². The van der Waals surface area contributed by atoms with Crippen LogP contribution in [0.2, 0.25) is 10.0 Å². The normalized spacial score (nSPS) is 11.3. The van der Waals surface area contributed by atoms with Crippen LogP contribution in [0.25, 0.3) is 0 Å². The maximum atomic E-state index is 12.3. The lowest BCUT2D eigenvalue weighted by Gasteiger charge is -2.14. The Morgan fingerprint density at radius 3 is 2.40 bits per heavy atom. The van der Waals surface area contributed by atoms with Crippen LogP contribution >= 0.6 is 23.2 Å². The van der Waals surface area contributed by atoms with E-state index in [0.717, 1.165) is 9.87 Å². The predicted molar refractivity (Wildman–Crippen MR) is 114 cm³/mol. The molecule has 0 aliphatic rings. The lowest BCUT2D eigenvalue weighted by Crippen LogP contribution is -2.24. The number of rotatable bonds is 8. The first-order valence-electron chi connectivity index (χ1n) is 8.57. The minimum Gasteiger partial charge on any atom is -0.482 e. The number of esters is 1. The zero-order valence-electron chi connectivity index (χ0n) is 16.4. The molecule has 0 bridgehead atoms. The van der Waals surface area contributed by atoms with Crippen LogP contribution < -0.4 is 10.1 Å². The van der Waals surface area contributed by atoms with E-state index < -0.39 is 28.5 Å². The molecule has 2 aromatic rings. The molecule has 0 spiro atoms. The Morgan fingerprint density at radius 2 is 1.77 bits per heavy atom. The van der Waals surface area contributed by atoms with E-state index in [1.165, 1.54) is 32.3 Å². The van der Waals surface area contributed by atoms with Crippen molar-refractivity contribution in [2.45, 2.75) is 11.8 Å². The van der Waals surface area contributed by atoms with Crippen LogP contribution in [0.3, 0.4) is 0 Å². The number of ether oxygens (including phenoxy) is 2. The average molecular weight is 475 g/mol. The van der Waals surface area contributed by atoms with Gasteiger partial charge in [-0.25, -0.2) is 17.5 Å². The van der Waals surface area contributed by atoms with Gasteiger partial charge in [0.05, 0.1) is 5.02 Å². The van der Waals surface area contributed by atoms with E-state index in [1.807, 2.05) is 0 Å². The maximum absolute atomic E-state index is 12.3. The van der Waals surface area contributed by atoms with Gasteiger partial charge in [0.1, 0.15) is 10.6 Å². The number of carbonyl (C=O) groups excluding carboxylic acids is 2. The van der Waals surface area contributed by atoms with Crippen LogP contribution in [0.4, 0.5) is 5.69 Å². The highest BCUT2D eigenvalue weighted by Crippen LogP contribution is 2.27. The van der Waals surface area contributed by atoms with Crippen molar-refractivity contribution in [3.63, 3.8) is 0 Å². The molecular weight excluding hydrogens is 455 g/mol. The predicted octanol–water partition coefficient (Wildman–Crippen LogP) is 3.11. The number of sulfonamides is 1. The molecule has 0 fully saturated rings. The van der Waals surface area contributed by atoms with Gasteiger partial charge >= 0.3 is 5.97 Å². The molecule has 2 aromatic carbocycles. The van der Waals surface area contributed by atoms with Gasteiger partial charge < -0.3 is 14.8 Å². The second-order valence-corrected chi connectivity index (χ2v) is 9.30. The largest absolute Gasteiger partial charge is 0.482 e. The summed E-state index contributed by atoms with van der Waals surface area (Å²) in [6.07, 6.45) is 0. The van der Waals surface area contributed by atoms with Crippen molar-refractivity contribution >= 4 is 50.8 Å². The summed E-state index contributed by atoms with van der Waals surface area (Å²) in [6, 6.07) is 8.94. The second kappa shape index (κ2) is 10.1. The molecule has 0 saturated carbocycles. The van der Waals surface area contributed by atoms with E-state index in [2.05, 4.69) is 5.32 Å². The van der Waals surface area contributed by atoms with Crippen molar-refractivity contribution in [1.82, 2.24) is 4.31 Å². The Balaban J connectivity index is 1.91. The van der Waals surface area contributed by atoms with E-state index >= 15 is 0 Å². The van der Waals surface area contributed by atoms with Crippen molar-refractivity contribution in [2.24, 2.45) is 0 Å². The number of hydrogen-bond donors (Lipinski definition) is 1. The lowest BCUT2D eigenvalue weighted by molar-refractivity contribution is -0.149. The number of nitrogens with one attached hydrogen (secondary N) is 1. The van der Waals surface area contributed by atoms with Gasteiger partial charge in [0.15, 0.2) is 13.2 Å². The van der Waals surface area contributed by atoms with Gasteiger partial charge in [-0.3, -0.25) is 4.79 Å². The van der Waals surface area contributed by atoms with E-state index in [4.69, 9.17) is 32.7 Å². The van der Waals surface area contributed by atoms with Gasteiger partial charge in [0, 0.05) is 24.8 Å². The number of aryl methyl sites for hydroxylation is 1. The van der Waals surface area contributed by atoms with Gasteiger partial charge in [-0.1, -0.05) is 23.2 Å². The number of halogens is 2. The Bertz CT molecular complexity index is 1060. The molecule has 2 rings (SSSR count). The number of carbonyl (C=O) groups is 2. The third-order valence-electron chi connectivity index (χ3n) is 3.82. The highest BCUT2D eigenvalue weighted by Gasteiger charge is 2.21. The third kappa shape index (κ3) is 6.33. The van der Waals surface area contributed by atoms with E-state index in [9.17, 15) is 18.0 Å². The van der Waals surface area contributed by atoms with Crippen molar-refractivity contribution in [2.75, 3.05) is 32.6 Å². The van der Waals surface area contributed by atoms with Gasteiger partial charge in [0.2, 0.25) is 10.0 Å². The standard InChI is InChI=1S/C19H20Cl2N2O6S/c1-12-8-13(20)4-7-16(12)28-11-19(25)29-10-18(24)22-14-5-6-15(21)17(9-14)30(26,27)23(2)3/h4-9H,10-11H2,1-3H3,(H,22,24). The molecule has 0 aliphatic heterocycles. The number of anilines is 1. The summed E-state index contributed by atoms with van der Waals surface area (Å²) < 4.78 is 35.8. The first-order valence-corrected chi connectivity index (χ1v) is 10.8. The first-order chi connectivity index (χ1) is 14.0. The van der Waals surface area contributed by atoms with E-state index in [1.54, 1.807) is 25.1 Å². The summed E-state index contributed by atoms with van der Waals surface area (Å²) in [5.74, 6) is -0.926. The highest BCUT2D eigenvalue weighted by molar-refractivity contribution is 7.89. The third-order valence-corrected chi connectivity index (χ3v) is 6.35. The zero-order chi connectivity index (χ0) is 22.5. The maximum Gasteiger partial charge on any atom is 0.344 e. The van der Waals surface area contributed by atoms with Gasteiger partial charge in [-0.2, -0.15) is 0 Å². The Hall–Kier alpha value is -2.33. The molecule has 1 N–H and O–H groups in total. The molecule has 30 heavy (non-hydrogen) atoms. The lowest BCUT2D eigenvalue weighted by atomic mass is 10.2. The SMILES string of the molecule is Cc1cc(Cl)ccc1OCC(=O)OCC(=O)Nc1ccc(Cl)c(S(=O)(=O)N(C)C)c1. The number of amides is 1. The minimum absolute atomic E-state index is 0.0165. The van der Waals surface area contributed by atoms with E-state index in [0.29, 0.717) is 10.8 Å². The molecule has 0 aromatic heterocycles. The second-order valence-electron chi connectivity index (χ2n) is 6.34. The molecule has 0 heterocycles. The van der Waals surface area contributed by atoms with Crippen LogP contribution in [0.5, 0.6) is 5.75 Å². The van der Waals surface area contributed by atoms with Crippen LogP contribution in [0.1, 0.15) is 5.56 Å². The summed E-state index contributed by atoms with van der Waals surface area (Å²) in [4.78, 5) is 23.7. The summed E-state index contributed by atoms with van der Waals surface area (Å²) in [6.45, 7) is 0.818. The molecule has 1 amide bonds. The Labute approximate surface area is 184 Å². The van der Waals surface area contributed by atoms with E-state index in [-0.39, 0.29) is 22.2 Å². The van der Waals surface area contributed by atoms with Gasteiger partial charge in [0.25, 0.3) is 5.91 Å². The zero-order valence-corrected chi connectivity index (χ0v) is 18.8. The van der Waals surface area contributed by atoms with Crippen molar-refractivity contribution in [3.8, 4) is 5.75 Å². The molecule has 162 valence electrons. The monoisotopic (exact) mass is 474 g/mol. The number of benzene rings is 2. The smallest absolute Gasteiger partial charge is 0.344 e. The highest BCUT2D eigenvalue weighted by atomic mass is 35.5. The average Bonchev–Trinajstić information content (AvgIpc) is 2.67. The molecule has 0 unspecified atom stereocenters. The van der Waals surface area contributed by atoms with Crippen LogP contribution in [0.15, 0.2) is 41.3 Å². The molecule has 8 nitrogen and oxygen atoms in total. The first kappa shape index (κ1) is 23.9. The fourth-order valence-electron chi connectivity index (χ4n) is 2.27. The summed E-state index contributed by atoms with van der Waals surface area (Å²) in [5.41, 5.74) is 0.938. The summed E-state index contributed by atoms with van der Waals surface area (Å²) >= 11 is 11.8. The quantitative estimate of drug-likeness (QED) is 0.589. The molecule has 0 radical (unpaired) electrons. The fraction of sp³-hybridized carbons (Fsp3) is 0.263. The number of nitrogens with zero attached hydrogens (tertiary/aromatic N) is 1. The molecule has 0 aliphatic carbocycles. The Morgan fingerprint density at radius 1 is 1.07 bits per heavy atom. The minimum atomic E-state index is -3.79. The van der Waals surface area contributed by atoms with Crippen molar-refractivity contribution < 1.29 is 27.5 Å². The Kier molecular flexibility index (Phi) is 8.08. The van der Waals surface area contributed by atoms with Crippen LogP contribution in [0, 0.1) is 6.92 Å². The molecule has 11 heteroatoms. The molecule has 0 atom stereocenters. The van der Waals surface area contributed by atoms with Gasteiger partial charge in [-0.05, 0) is 48.9 Å². The summed E-state index contributed by atoms with van der Waals surface area (Å²) in [7, 11) is -1.06. The van der Waals surface area contributed by atoms with Gasteiger partial charge in [-0.15, -0.1) is 0 Å². The van der Waals surface area contributed by atoms with Crippen LogP contribution in [-0.2, 0) is 24.3 Å². The fourth-order valence-corrected chi connectivity index (χ4v) is 3.89. The molecule has 0 saturated heterocycles. The topological polar surface area (TPSA) is 102 Å².